The second-order valence-corrected chi connectivity index (χ2v) is 4.34. The van der Waals surface area contributed by atoms with Gasteiger partial charge in [0.1, 0.15) is 5.82 Å². The van der Waals surface area contributed by atoms with E-state index < -0.39 is 0 Å². The first-order valence-corrected chi connectivity index (χ1v) is 6.54. The van der Waals surface area contributed by atoms with Gasteiger partial charge in [-0.25, -0.2) is 4.98 Å². The van der Waals surface area contributed by atoms with Crippen LogP contribution in [0.15, 0.2) is 24.4 Å². The second-order valence-electron chi connectivity index (χ2n) is 4.34. The van der Waals surface area contributed by atoms with Crippen LogP contribution >= 0.6 is 0 Å². The molecule has 0 aliphatic carbocycles. The average molecular weight is 218 g/mol. The summed E-state index contributed by atoms with van der Waals surface area (Å²) in [7, 11) is 0. The molecule has 0 saturated heterocycles. The third-order valence-electron chi connectivity index (χ3n) is 2.83. The molecule has 0 aliphatic heterocycles. The third-order valence-corrected chi connectivity index (χ3v) is 2.83. The number of hydrogen-bond donors (Lipinski definition) is 1. The molecule has 2 nitrogen and oxygen atoms in total. The highest BCUT2D eigenvalue weighted by Crippen LogP contribution is 2.12. The van der Waals surface area contributed by atoms with Gasteiger partial charge < -0.3 is 5.23 Å². The van der Waals surface area contributed by atoms with E-state index in [9.17, 15) is 0 Å². The Morgan fingerprint density at radius 2 is 1.81 bits per heavy atom. The van der Waals surface area contributed by atoms with Crippen LogP contribution in [0.5, 0.6) is 0 Å². The highest BCUT2D eigenvalue weighted by molar-refractivity contribution is 6.62. The number of hydrogen-bond acceptors (Lipinski definition) is 2. The van der Waals surface area contributed by atoms with Crippen molar-refractivity contribution in [3.05, 3.63) is 24.4 Å². The Hall–Kier alpha value is -0.985. The van der Waals surface area contributed by atoms with Gasteiger partial charge in [-0.1, -0.05) is 58.2 Å². The average Bonchev–Trinajstić information content (AvgIpc) is 2.34. The first-order chi connectivity index (χ1) is 7.86. The summed E-state index contributed by atoms with van der Waals surface area (Å²) in [6, 6.07) is 6.04. The fraction of sp³-hybridized carbons (Fsp3) is 0.615. The summed E-state index contributed by atoms with van der Waals surface area (Å²) in [4.78, 5) is 4.32. The van der Waals surface area contributed by atoms with Crippen molar-refractivity contribution in [2.45, 2.75) is 52.2 Å². The van der Waals surface area contributed by atoms with Crippen LogP contribution < -0.4 is 5.23 Å². The number of nitrogens with one attached hydrogen (secondary N) is 1. The van der Waals surface area contributed by atoms with Gasteiger partial charge in [0.25, 0.3) is 6.85 Å². The molecule has 1 aromatic heterocycles. The van der Waals surface area contributed by atoms with Gasteiger partial charge in [-0.15, -0.1) is 0 Å². The highest BCUT2D eigenvalue weighted by Gasteiger charge is 2.13. The van der Waals surface area contributed by atoms with Crippen LogP contribution in [-0.2, 0) is 0 Å². The van der Waals surface area contributed by atoms with E-state index in [0.29, 0.717) is 6.85 Å². The standard InChI is InChI=1S/C13H23BN2/c1-3-5-10-14(11-6-4-2)16-13-9-7-8-12-15-13/h7-9,12H,3-6,10-11H2,1-2H3,(H,15,16). The zero-order valence-corrected chi connectivity index (χ0v) is 10.6. The topological polar surface area (TPSA) is 24.9 Å². The minimum Gasteiger partial charge on any atom is -0.413 e. The van der Waals surface area contributed by atoms with Gasteiger partial charge in [-0.2, -0.15) is 0 Å². The molecule has 0 amide bonds. The lowest BCUT2D eigenvalue weighted by Crippen LogP contribution is -2.24. The second kappa shape index (κ2) is 8.20. The number of unbranched alkanes of at least 4 members (excludes halogenated alkanes) is 2. The Morgan fingerprint density at radius 1 is 1.12 bits per heavy atom. The van der Waals surface area contributed by atoms with E-state index in [-0.39, 0.29) is 0 Å². The minimum absolute atomic E-state index is 0.592. The Bertz CT molecular complexity index is 256. The zero-order valence-electron chi connectivity index (χ0n) is 10.6. The van der Waals surface area contributed by atoms with E-state index in [1.165, 1.54) is 38.3 Å². The summed E-state index contributed by atoms with van der Waals surface area (Å²) in [5.41, 5.74) is 0. The van der Waals surface area contributed by atoms with Gasteiger partial charge in [0.15, 0.2) is 0 Å². The molecule has 0 radical (unpaired) electrons. The van der Waals surface area contributed by atoms with Crippen molar-refractivity contribution in [1.82, 2.24) is 4.98 Å². The van der Waals surface area contributed by atoms with E-state index in [1.807, 2.05) is 24.4 Å². The van der Waals surface area contributed by atoms with Gasteiger partial charge in [-0.3, -0.25) is 0 Å². The maximum Gasteiger partial charge on any atom is 0.253 e. The van der Waals surface area contributed by atoms with Crippen LogP contribution in [0.3, 0.4) is 0 Å². The first kappa shape index (κ1) is 13.1. The molecule has 0 saturated carbocycles. The molecular weight excluding hydrogens is 195 g/mol. The number of aromatic nitrogens is 1. The van der Waals surface area contributed by atoms with Crippen molar-refractivity contribution < 1.29 is 0 Å². The predicted molar refractivity (Wildman–Crippen MR) is 73.0 cm³/mol. The lowest BCUT2D eigenvalue weighted by atomic mass is 9.54. The normalized spacial score (nSPS) is 10.1. The highest BCUT2D eigenvalue weighted by atomic mass is 14.9. The van der Waals surface area contributed by atoms with Crippen molar-refractivity contribution in [3.8, 4) is 0 Å². The molecule has 0 aromatic carbocycles. The fourth-order valence-electron chi connectivity index (χ4n) is 1.85. The first-order valence-electron chi connectivity index (χ1n) is 6.54. The van der Waals surface area contributed by atoms with Crippen LogP contribution in [-0.4, -0.2) is 11.8 Å². The molecule has 1 N–H and O–H groups in total. The van der Waals surface area contributed by atoms with Crippen LogP contribution in [0, 0.1) is 0 Å². The summed E-state index contributed by atoms with van der Waals surface area (Å²) in [6.45, 7) is 5.09. The molecule has 0 bridgehead atoms. The molecular formula is C13H23BN2. The van der Waals surface area contributed by atoms with Crippen molar-refractivity contribution in [1.29, 1.82) is 0 Å². The summed E-state index contributed by atoms with van der Waals surface area (Å²) in [5.74, 6) is 1.01. The van der Waals surface area contributed by atoms with Crippen molar-refractivity contribution in [2.24, 2.45) is 0 Å². The summed E-state index contributed by atoms with van der Waals surface area (Å²) in [5, 5.41) is 3.54. The van der Waals surface area contributed by atoms with Gasteiger partial charge in [0.2, 0.25) is 0 Å². The van der Waals surface area contributed by atoms with Crippen LogP contribution in [0.25, 0.3) is 0 Å². The molecule has 1 aromatic rings. The van der Waals surface area contributed by atoms with Gasteiger partial charge in [-0.05, 0) is 12.1 Å². The minimum atomic E-state index is 0.592. The molecule has 0 fully saturated rings. The van der Waals surface area contributed by atoms with Crippen LogP contribution in [0.2, 0.25) is 12.6 Å². The lowest BCUT2D eigenvalue weighted by molar-refractivity contribution is 0.842. The van der Waals surface area contributed by atoms with Crippen LogP contribution in [0.1, 0.15) is 39.5 Å². The Morgan fingerprint density at radius 3 is 2.31 bits per heavy atom. The Kier molecular flexibility index (Phi) is 6.70. The van der Waals surface area contributed by atoms with E-state index in [1.54, 1.807) is 0 Å². The molecule has 1 heterocycles. The van der Waals surface area contributed by atoms with Crippen molar-refractivity contribution in [2.75, 3.05) is 5.23 Å². The van der Waals surface area contributed by atoms with Crippen LogP contribution in [0.4, 0.5) is 5.82 Å². The predicted octanol–water partition coefficient (Wildman–Crippen LogP) is 4.09. The Balaban J connectivity index is 2.42. The molecule has 88 valence electrons. The molecule has 0 spiro atoms. The van der Waals surface area contributed by atoms with Gasteiger partial charge in [0, 0.05) is 6.20 Å². The number of nitrogens with zero attached hydrogens (tertiary/aromatic N) is 1. The maximum absolute atomic E-state index is 4.32. The molecule has 0 atom stereocenters. The van der Waals surface area contributed by atoms with Crippen molar-refractivity contribution >= 4 is 12.7 Å². The van der Waals surface area contributed by atoms with E-state index in [2.05, 4.69) is 24.1 Å². The summed E-state index contributed by atoms with van der Waals surface area (Å²) >= 11 is 0. The van der Waals surface area contributed by atoms with E-state index in [0.717, 1.165) is 5.82 Å². The zero-order chi connectivity index (χ0) is 11.6. The lowest BCUT2D eigenvalue weighted by Gasteiger charge is -2.14. The van der Waals surface area contributed by atoms with Gasteiger partial charge >= 0.3 is 0 Å². The summed E-state index contributed by atoms with van der Waals surface area (Å²) in [6.07, 6.45) is 9.50. The molecule has 16 heavy (non-hydrogen) atoms. The van der Waals surface area contributed by atoms with E-state index >= 15 is 0 Å². The largest absolute Gasteiger partial charge is 0.413 e. The third kappa shape index (κ3) is 5.20. The smallest absolute Gasteiger partial charge is 0.253 e. The number of anilines is 1. The monoisotopic (exact) mass is 218 g/mol. The van der Waals surface area contributed by atoms with Crippen molar-refractivity contribution in [3.63, 3.8) is 0 Å². The SMILES string of the molecule is CCCCB(CCCC)Nc1ccccn1. The molecule has 3 heteroatoms. The fourth-order valence-corrected chi connectivity index (χ4v) is 1.85. The molecule has 0 unspecified atom stereocenters. The number of rotatable bonds is 8. The Labute approximate surface area is 100.0 Å². The van der Waals surface area contributed by atoms with E-state index in [4.69, 9.17) is 0 Å². The molecule has 1 rings (SSSR count). The van der Waals surface area contributed by atoms with Gasteiger partial charge in [0.05, 0.1) is 0 Å². The number of pyridine rings is 1. The maximum atomic E-state index is 4.32. The quantitative estimate of drug-likeness (QED) is 0.665. The summed E-state index contributed by atoms with van der Waals surface area (Å²) < 4.78 is 0. The molecule has 0 aliphatic rings.